The number of H-pyrrole nitrogens is 1. The highest BCUT2D eigenvalue weighted by Crippen LogP contribution is 2.17. The van der Waals surface area contributed by atoms with Crippen LogP contribution in [0.2, 0.25) is 0 Å². The van der Waals surface area contributed by atoms with Crippen LogP contribution < -0.4 is 5.56 Å². The van der Waals surface area contributed by atoms with Crippen LogP contribution in [0.5, 0.6) is 0 Å². The lowest BCUT2D eigenvalue weighted by Gasteiger charge is -2.02. The second-order valence-electron chi connectivity index (χ2n) is 5.39. The minimum atomic E-state index is 0.0871. The fourth-order valence-corrected chi connectivity index (χ4v) is 2.48. The Balaban J connectivity index is 2.59. The molecular formula is C16H22N2O. The Hall–Kier alpha value is -1.77. The first-order chi connectivity index (χ1) is 9.04. The van der Waals surface area contributed by atoms with Gasteiger partial charge in [0.1, 0.15) is 0 Å². The summed E-state index contributed by atoms with van der Waals surface area (Å²) >= 11 is 0. The van der Waals surface area contributed by atoms with E-state index >= 15 is 0 Å². The van der Waals surface area contributed by atoms with Gasteiger partial charge in [-0.2, -0.15) is 0 Å². The van der Waals surface area contributed by atoms with Crippen molar-refractivity contribution >= 4 is 0 Å². The number of aromatic nitrogens is 2. The molecule has 19 heavy (non-hydrogen) atoms. The highest BCUT2D eigenvalue weighted by molar-refractivity contribution is 5.36. The Kier molecular flexibility index (Phi) is 3.93. The lowest BCUT2D eigenvalue weighted by Crippen LogP contribution is -2.18. The first-order valence-corrected chi connectivity index (χ1v) is 6.95. The predicted octanol–water partition coefficient (Wildman–Crippen LogP) is 3.55. The summed E-state index contributed by atoms with van der Waals surface area (Å²) in [4.78, 5) is 12.5. The second-order valence-corrected chi connectivity index (χ2v) is 5.39. The third-order valence-electron chi connectivity index (χ3n) is 3.34. The van der Waals surface area contributed by atoms with E-state index in [4.69, 9.17) is 0 Å². The molecule has 0 atom stereocenters. The normalized spacial score (nSPS) is 11.2. The molecule has 0 fully saturated rings. The van der Waals surface area contributed by atoms with E-state index in [0.29, 0.717) is 0 Å². The zero-order valence-corrected chi connectivity index (χ0v) is 12.2. The maximum absolute atomic E-state index is 12.5. The summed E-state index contributed by atoms with van der Waals surface area (Å²) in [5, 5.41) is 3.28. The van der Waals surface area contributed by atoms with Crippen molar-refractivity contribution in [3.8, 4) is 5.69 Å². The van der Waals surface area contributed by atoms with Crippen molar-refractivity contribution in [1.82, 2.24) is 9.78 Å². The van der Waals surface area contributed by atoms with Crippen LogP contribution in [-0.2, 0) is 6.42 Å². The highest BCUT2D eigenvalue weighted by atomic mass is 16.1. The van der Waals surface area contributed by atoms with Crippen molar-refractivity contribution in [3.63, 3.8) is 0 Å². The van der Waals surface area contributed by atoms with E-state index in [1.807, 2.05) is 31.2 Å². The topological polar surface area (TPSA) is 37.8 Å². The second kappa shape index (κ2) is 5.47. The summed E-state index contributed by atoms with van der Waals surface area (Å²) in [6.45, 7) is 8.31. The third-order valence-corrected chi connectivity index (χ3v) is 3.34. The Labute approximate surface area is 114 Å². The average Bonchev–Trinajstić information content (AvgIpc) is 2.67. The maximum Gasteiger partial charge on any atom is 0.274 e. The van der Waals surface area contributed by atoms with Crippen LogP contribution in [-0.4, -0.2) is 9.78 Å². The van der Waals surface area contributed by atoms with Gasteiger partial charge in [0.05, 0.1) is 5.69 Å². The fourth-order valence-electron chi connectivity index (χ4n) is 2.48. The maximum atomic E-state index is 12.5. The number of aryl methyl sites for hydroxylation is 2. The van der Waals surface area contributed by atoms with Crippen LogP contribution in [0.15, 0.2) is 29.1 Å². The molecule has 0 aliphatic carbocycles. The summed E-state index contributed by atoms with van der Waals surface area (Å²) < 4.78 is 1.67. The predicted molar refractivity (Wildman–Crippen MR) is 79.2 cm³/mol. The molecule has 0 unspecified atom stereocenters. The molecule has 1 heterocycles. The Morgan fingerprint density at radius 2 is 2.05 bits per heavy atom. The summed E-state index contributed by atoms with van der Waals surface area (Å²) in [5.74, 6) is 0.247. The highest BCUT2D eigenvalue weighted by Gasteiger charge is 2.17. The lowest BCUT2D eigenvalue weighted by atomic mass is 10.0. The van der Waals surface area contributed by atoms with Gasteiger partial charge in [-0.3, -0.25) is 9.89 Å². The van der Waals surface area contributed by atoms with Gasteiger partial charge >= 0.3 is 0 Å². The molecule has 0 saturated heterocycles. The van der Waals surface area contributed by atoms with Crippen LogP contribution in [0.4, 0.5) is 0 Å². The number of benzene rings is 1. The molecule has 0 aliphatic rings. The quantitative estimate of drug-likeness (QED) is 0.894. The van der Waals surface area contributed by atoms with Gasteiger partial charge < -0.3 is 0 Å². The first kappa shape index (κ1) is 13.7. The largest absolute Gasteiger partial charge is 0.295 e. The summed E-state index contributed by atoms with van der Waals surface area (Å²) in [6, 6.07) is 8.00. The molecule has 0 radical (unpaired) electrons. The smallest absolute Gasteiger partial charge is 0.274 e. The number of rotatable bonds is 4. The molecule has 0 amide bonds. The van der Waals surface area contributed by atoms with Gasteiger partial charge in [0.15, 0.2) is 0 Å². The van der Waals surface area contributed by atoms with Crippen molar-refractivity contribution in [2.45, 2.75) is 46.5 Å². The number of hydrogen-bond acceptors (Lipinski definition) is 1. The third kappa shape index (κ3) is 2.65. The SMILES string of the molecule is CCCc1[nH]n(-c2cccc(C)c2)c(=O)c1C(C)C. The van der Waals surface area contributed by atoms with Gasteiger partial charge in [-0.25, -0.2) is 4.68 Å². The molecule has 0 bridgehead atoms. The molecule has 102 valence electrons. The minimum absolute atomic E-state index is 0.0871. The van der Waals surface area contributed by atoms with Crippen molar-refractivity contribution in [2.24, 2.45) is 0 Å². The molecule has 3 heteroatoms. The van der Waals surface area contributed by atoms with E-state index in [0.717, 1.165) is 35.3 Å². The van der Waals surface area contributed by atoms with Crippen LogP contribution in [0.3, 0.4) is 0 Å². The van der Waals surface area contributed by atoms with Crippen LogP contribution in [0, 0.1) is 6.92 Å². The molecule has 0 aliphatic heterocycles. The Bertz CT molecular complexity index is 620. The van der Waals surface area contributed by atoms with Gasteiger partial charge in [0.2, 0.25) is 0 Å². The summed E-state index contributed by atoms with van der Waals surface area (Å²) in [7, 11) is 0. The van der Waals surface area contributed by atoms with E-state index in [-0.39, 0.29) is 11.5 Å². The van der Waals surface area contributed by atoms with Gasteiger partial charge in [-0.15, -0.1) is 0 Å². The van der Waals surface area contributed by atoms with Crippen molar-refractivity contribution in [2.75, 3.05) is 0 Å². The summed E-state index contributed by atoms with van der Waals surface area (Å²) in [5.41, 5.74) is 4.15. The minimum Gasteiger partial charge on any atom is -0.295 e. The van der Waals surface area contributed by atoms with Crippen molar-refractivity contribution < 1.29 is 0 Å². The summed E-state index contributed by atoms with van der Waals surface area (Å²) in [6.07, 6.45) is 1.95. The molecule has 1 aromatic carbocycles. The Morgan fingerprint density at radius 3 is 2.63 bits per heavy atom. The van der Waals surface area contributed by atoms with Gasteiger partial charge in [-0.05, 0) is 37.0 Å². The van der Waals surface area contributed by atoms with E-state index < -0.39 is 0 Å². The van der Waals surface area contributed by atoms with E-state index in [1.54, 1.807) is 4.68 Å². The van der Waals surface area contributed by atoms with Crippen LogP contribution in [0.1, 0.15) is 49.9 Å². The standard InChI is InChI=1S/C16H22N2O/c1-5-7-14-15(11(2)3)16(19)18(17-14)13-9-6-8-12(4)10-13/h6,8-11,17H,5,7H2,1-4H3. The number of aromatic amines is 1. The van der Waals surface area contributed by atoms with Crippen LogP contribution in [0.25, 0.3) is 5.69 Å². The first-order valence-electron chi connectivity index (χ1n) is 6.95. The van der Waals surface area contributed by atoms with Gasteiger partial charge in [0, 0.05) is 11.3 Å². The molecule has 2 rings (SSSR count). The van der Waals surface area contributed by atoms with E-state index in [2.05, 4.69) is 25.9 Å². The number of hydrogen-bond donors (Lipinski definition) is 1. The Morgan fingerprint density at radius 1 is 1.32 bits per heavy atom. The fraction of sp³-hybridized carbons (Fsp3) is 0.438. The van der Waals surface area contributed by atoms with Crippen molar-refractivity contribution in [3.05, 3.63) is 51.4 Å². The molecule has 1 N–H and O–H groups in total. The molecule has 1 aromatic heterocycles. The zero-order valence-electron chi connectivity index (χ0n) is 12.2. The van der Waals surface area contributed by atoms with Crippen LogP contribution >= 0.6 is 0 Å². The van der Waals surface area contributed by atoms with E-state index in [1.165, 1.54) is 0 Å². The number of nitrogens with zero attached hydrogens (tertiary/aromatic N) is 1. The monoisotopic (exact) mass is 258 g/mol. The molecule has 2 aromatic rings. The lowest BCUT2D eigenvalue weighted by molar-refractivity contribution is 0.787. The van der Waals surface area contributed by atoms with Crippen molar-refractivity contribution in [1.29, 1.82) is 0 Å². The molecule has 0 saturated carbocycles. The van der Waals surface area contributed by atoms with E-state index in [9.17, 15) is 4.79 Å². The van der Waals surface area contributed by atoms with Gasteiger partial charge in [0.25, 0.3) is 5.56 Å². The molecular weight excluding hydrogens is 236 g/mol. The average molecular weight is 258 g/mol. The van der Waals surface area contributed by atoms with Gasteiger partial charge in [-0.1, -0.05) is 39.3 Å². The molecule has 0 spiro atoms. The molecule has 3 nitrogen and oxygen atoms in total. The number of nitrogens with one attached hydrogen (secondary N) is 1. The zero-order chi connectivity index (χ0) is 14.0.